The maximum absolute atomic E-state index is 12.1. The van der Waals surface area contributed by atoms with E-state index < -0.39 is 0 Å². The molecule has 0 aliphatic carbocycles. The Labute approximate surface area is 116 Å². The monoisotopic (exact) mass is 308 g/mol. The third kappa shape index (κ3) is 3.00. The van der Waals surface area contributed by atoms with Gasteiger partial charge in [0.2, 0.25) is 5.91 Å². The molecule has 0 spiro atoms. The van der Waals surface area contributed by atoms with Crippen LogP contribution in [0.3, 0.4) is 0 Å². The van der Waals surface area contributed by atoms with Crippen LogP contribution in [-0.4, -0.2) is 29.9 Å². The van der Waals surface area contributed by atoms with Crippen LogP contribution in [0.4, 0.5) is 0 Å². The molecule has 1 aromatic rings. The second-order valence-electron chi connectivity index (χ2n) is 4.42. The molecule has 0 aromatic heterocycles. The Morgan fingerprint density at radius 3 is 3.00 bits per heavy atom. The zero-order valence-electron chi connectivity index (χ0n) is 10.2. The summed E-state index contributed by atoms with van der Waals surface area (Å²) in [5.74, 6) is 0.0544. The normalized spacial score (nSPS) is 19.7. The fourth-order valence-corrected chi connectivity index (χ4v) is 2.65. The third-order valence-corrected chi connectivity index (χ3v) is 3.97. The van der Waals surface area contributed by atoms with Gasteiger partial charge in [-0.15, -0.1) is 0 Å². The number of carbonyl (C=O) groups excluding carboxylic acids is 1. The molecule has 2 rings (SSSR count). The van der Waals surface area contributed by atoms with Gasteiger partial charge in [-0.05, 0) is 30.5 Å². The van der Waals surface area contributed by atoms with Crippen LogP contribution in [0.15, 0.2) is 34.8 Å². The topological polar surface area (TPSA) is 46.3 Å². The van der Waals surface area contributed by atoms with Gasteiger partial charge in [-0.2, -0.15) is 0 Å². The third-order valence-electron chi connectivity index (χ3n) is 3.24. The average molecular weight is 309 g/mol. The van der Waals surface area contributed by atoms with Crippen LogP contribution in [0, 0.1) is 0 Å². The summed E-state index contributed by atoms with van der Waals surface area (Å²) in [6.45, 7) is 1.37. The molecule has 1 aliphatic heterocycles. The molecule has 0 radical (unpaired) electrons. The van der Waals surface area contributed by atoms with Crippen LogP contribution in [0.1, 0.15) is 18.4 Å². The molecule has 0 bridgehead atoms. The molecule has 1 fully saturated rings. The Morgan fingerprint density at radius 2 is 2.28 bits per heavy atom. The summed E-state index contributed by atoms with van der Waals surface area (Å²) >= 11 is 3.46. The molecule has 1 aromatic carbocycles. The molecule has 0 saturated carbocycles. The van der Waals surface area contributed by atoms with Gasteiger partial charge in [-0.25, -0.2) is 0 Å². The number of benzene rings is 1. The lowest BCUT2D eigenvalue weighted by atomic mass is 10.2. The highest BCUT2D eigenvalue weighted by Gasteiger charge is 2.25. The van der Waals surface area contributed by atoms with Crippen molar-refractivity contribution in [1.29, 1.82) is 0 Å². The van der Waals surface area contributed by atoms with Gasteiger partial charge in [0.15, 0.2) is 0 Å². The number of carbonyl (C=O) groups is 1. The van der Waals surface area contributed by atoms with Crippen molar-refractivity contribution in [1.82, 2.24) is 4.90 Å². The highest BCUT2D eigenvalue weighted by Crippen LogP contribution is 2.19. The molecule has 18 heavy (non-hydrogen) atoms. The lowest BCUT2D eigenvalue weighted by molar-refractivity contribution is -0.126. The Bertz CT molecular complexity index is 459. The van der Waals surface area contributed by atoms with Crippen molar-refractivity contribution in [2.45, 2.75) is 18.9 Å². The molecule has 2 N–H and O–H groups in total. The minimum Gasteiger partial charge on any atom is -0.335 e. The van der Waals surface area contributed by atoms with Crippen LogP contribution < -0.4 is 5.73 Å². The lowest BCUT2D eigenvalue weighted by Crippen LogP contribution is -2.38. The van der Waals surface area contributed by atoms with Crippen molar-refractivity contribution in [3.8, 4) is 0 Å². The summed E-state index contributed by atoms with van der Waals surface area (Å²) in [5.41, 5.74) is 6.68. The Balaban J connectivity index is 2.05. The van der Waals surface area contributed by atoms with Crippen LogP contribution >= 0.6 is 15.9 Å². The minimum absolute atomic E-state index is 0.0544. The highest BCUT2D eigenvalue weighted by molar-refractivity contribution is 9.10. The van der Waals surface area contributed by atoms with Crippen molar-refractivity contribution in [2.24, 2.45) is 5.73 Å². The van der Waals surface area contributed by atoms with E-state index in [0.717, 1.165) is 29.4 Å². The molecule has 4 heteroatoms. The van der Waals surface area contributed by atoms with Crippen molar-refractivity contribution < 1.29 is 4.79 Å². The smallest absolute Gasteiger partial charge is 0.246 e. The van der Waals surface area contributed by atoms with Gasteiger partial charge in [-0.3, -0.25) is 4.79 Å². The zero-order chi connectivity index (χ0) is 13.0. The molecule has 1 aliphatic rings. The summed E-state index contributed by atoms with van der Waals surface area (Å²) < 4.78 is 0.992. The van der Waals surface area contributed by atoms with Gasteiger partial charge in [0, 0.05) is 29.7 Å². The molecular weight excluding hydrogens is 292 g/mol. The van der Waals surface area contributed by atoms with Gasteiger partial charge in [-0.1, -0.05) is 34.1 Å². The first-order valence-corrected chi connectivity index (χ1v) is 6.95. The molecular formula is C14H17BrN2O. The first-order chi connectivity index (χ1) is 8.72. The molecule has 1 amide bonds. The largest absolute Gasteiger partial charge is 0.335 e. The van der Waals surface area contributed by atoms with Crippen molar-refractivity contribution in [3.63, 3.8) is 0 Å². The molecule has 3 nitrogen and oxygen atoms in total. The number of halogens is 1. The van der Waals surface area contributed by atoms with Crippen LogP contribution in [-0.2, 0) is 4.79 Å². The second-order valence-corrected chi connectivity index (χ2v) is 5.27. The Morgan fingerprint density at radius 1 is 1.50 bits per heavy atom. The number of amides is 1. The molecule has 1 saturated heterocycles. The van der Waals surface area contributed by atoms with E-state index in [-0.39, 0.29) is 11.9 Å². The number of hydrogen-bond donors (Lipinski definition) is 1. The summed E-state index contributed by atoms with van der Waals surface area (Å²) in [7, 11) is 0. The maximum Gasteiger partial charge on any atom is 0.246 e. The van der Waals surface area contributed by atoms with Crippen molar-refractivity contribution >= 4 is 27.9 Å². The van der Waals surface area contributed by atoms with E-state index in [2.05, 4.69) is 15.9 Å². The summed E-state index contributed by atoms with van der Waals surface area (Å²) in [6, 6.07) is 8.05. The maximum atomic E-state index is 12.1. The summed E-state index contributed by atoms with van der Waals surface area (Å²) in [4.78, 5) is 13.9. The molecule has 1 heterocycles. The quantitative estimate of drug-likeness (QED) is 0.872. The molecule has 96 valence electrons. The van der Waals surface area contributed by atoms with Gasteiger partial charge in [0.25, 0.3) is 0 Å². The zero-order valence-corrected chi connectivity index (χ0v) is 11.8. The standard InChI is InChI=1S/C14H17BrN2O/c15-13-6-2-1-4-11(13)7-8-14(18)17-9-3-5-12(17)10-16/h1-2,4,6-8,12H,3,5,9-10,16H2/b8-7+. The van der Waals surface area contributed by atoms with E-state index >= 15 is 0 Å². The van der Waals surface area contributed by atoms with E-state index in [4.69, 9.17) is 5.73 Å². The van der Waals surface area contributed by atoms with Crippen molar-refractivity contribution in [3.05, 3.63) is 40.4 Å². The minimum atomic E-state index is 0.0544. The molecule has 1 unspecified atom stereocenters. The fourth-order valence-electron chi connectivity index (χ4n) is 2.24. The number of likely N-dealkylation sites (tertiary alicyclic amines) is 1. The van der Waals surface area contributed by atoms with Crippen molar-refractivity contribution in [2.75, 3.05) is 13.1 Å². The fraction of sp³-hybridized carbons (Fsp3) is 0.357. The van der Waals surface area contributed by atoms with Crippen LogP contribution in [0.5, 0.6) is 0 Å². The predicted molar refractivity (Wildman–Crippen MR) is 77.0 cm³/mol. The second kappa shape index (κ2) is 6.16. The number of nitrogens with zero attached hydrogens (tertiary/aromatic N) is 1. The van der Waals surface area contributed by atoms with E-state index in [1.807, 2.05) is 35.2 Å². The first-order valence-electron chi connectivity index (χ1n) is 6.15. The van der Waals surface area contributed by atoms with Gasteiger partial charge < -0.3 is 10.6 Å². The molecule has 1 atom stereocenters. The SMILES string of the molecule is NCC1CCCN1C(=O)/C=C/c1ccccc1Br. The Kier molecular flexibility index (Phi) is 4.55. The average Bonchev–Trinajstić information content (AvgIpc) is 2.86. The van der Waals surface area contributed by atoms with E-state index in [1.54, 1.807) is 6.08 Å². The van der Waals surface area contributed by atoms with E-state index in [1.165, 1.54) is 0 Å². The first kappa shape index (κ1) is 13.3. The Hall–Kier alpha value is -1.13. The number of nitrogens with two attached hydrogens (primary N) is 1. The van der Waals surface area contributed by atoms with E-state index in [9.17, 15) is 4.79 Å². The van der Waals surface area contributed by atoms with Gasteiger partial charge in [0.1, 0.15) is 0 Å². The number of hydrogen-bond acceptors (Lipinski definition) is 2. The van der Waals surface area contributed by atoms with Gasteiger partial charge in [0.05, 0.1) is 0 Å². The summed E-state index contributed by atoms with van der Waals surface area (Å²) in [5, 5.41) is 0. The predicted octanol–water partition coefficient (Wildman–Crippen LogP) is 2.41. The highest BCUT2D eigenvalue weighted by atomic mass is 79.9. The summed E-state index contributed by atoms with van der Waals surface area (Å²) in [6.07, 6.45) is 5.55. The number of rotatable bonds is 3. The van der Waals surface area contributed by atoms with E-state index in [0.29, 0.717) is 6.54 Å². The van der Waals surface area contributed by atoms with Crippen LogP contribution in [0.25, 0.3) is 6.08 Å². The van der Waals surface area contributed by atoms with Gasteiger partial charge >= 0.3 is 0 Å². The lowest BCUT2D eigenvalue weighted by Gasteiger charge is -2.21. The van der Waals surface area contributed by atoms with Crippen LogP contribution in [0.2, 0.25) is 0 Å².